The van der Waals surface area contributed by atoms with Crippen LogP contribution in [0.3, 0.4) is 0 Å². The second-order valence-electron chi connectivity index (χ2n) is 8.37. The van der Waals surface area contributed by atoms with Gasteiger partial charge in [0.25, 0.3) is 0 Å². The van der Waals surface area contributed by atoms with E-state index in [4.69, 9.17) is 18.9 Å². The Labute approximate surface area is 271 Å². The first-order chi connectivity index (χ1) is 21.7. The zero-order chi connectivity index (χ0) is 32.5. The average Bonchev–Trinajstić information content (AvgIpc) is 3.81. The molecule has 4 aromatic rings. The van der Waals surface area contributed by atoms with Gasteiger partial charge in [0.05, 0.1) is 39.0 Å². The van der Waals surface area contributed by atoms with Crippen molar-refractivity contribution < 1.29 is 38.1 Å². The first-order valence-corrected chi connectivity index (χ1v) is 16.5. The van der Waals surface area contributed by atoms with Crippen molar-refractivity contribution in [3.8, 4) is 0 Å². The molecule has 22 heteroatoms. The Hall–Kier alpha value is -4.02. The second kappa shape index (κ2) is 15.8. The number of aromatic nitrogens is 10. The summed E-state index contributed by atoms with van der Waals surface area (Å²) in [5.41, 5.74) is -0.224. The maximum atomic E-state index is 12.8. The van der Waals surface area contributed by atoms with Crippen molar-refractivity contribution >= 4 is 70.5 Å². The fraction of sp³-hybridized carbons (Fsp3) is 0.478. The first-order valence-electron chi connectivity index (χ1n) is 13.3. The molecule has 0 bridgehead atoms. The fourth-order valence-electron chi connectivity index (χ4n) is 3.50. The van der Waals surface area contributed by atoms with Gasteiger partial charge in [-0.15, -0.1) is 20.4 Å². The molecule has 45 heavy (non-hydrogen) atoms. The van der Waals surface area contributed by atoms with Crippen LogP contribution in [0.5, 0.6) is 0 Å². The quantitative estimate of drug-likeness (QED) is 0.129. The minimum atomic E-state index is -0.723. The molecule has 0 saturated carbocycles. The molecule has 0 radical (unpaired) electrons. The molecule has 18 nitrogen and oxygen atoms in total. The molecule has 0 aliphatic rings. The highest BCUT2D eigenvalue weighted by atomic mass is 32.2. The molecule has 0 fully saturated rings. The summed E-state index contributed by atoms with van der Waals surface area (Å²) in [5, 5.41) is 24.7. The van der Waals surface area contributed by atoms with E-state index in [1.165, 1.54) is 9.36 Å². The Morgan fingerprint density at radius 1 is 0.644 bits per heavy atom. The van der Waals surface area contributed by atoms with Gasteiger partial charge in [-0.25, -0.2) is 28.5 Å². The molecule has 0 N–H and O–H groups in total. The summed E-state index contributed by atoms with van der Waals surface area (Å²) >= 11 is 3.87. The molecule has 4 aromatic heterocycles. The predicted molar refractivity (Wildman–Crippen MR) is 157 cm³/mol. The van der Waals surface area contributed by atoms with E-state index in [1.807, 2.05) is 0 Å². The van der Waals surface area contributed by atoms with E-state index in [1.54, 1.807) is 34.6 Å². The van der Waals surface area contributed by atoms with Crippen molar-refractivity contribution in [2.24, 2.45) is 0 Å². The molecule has 0 saturated heterocycles. The minimum Gasteiger partial charge on any atom is -0.461 e. The molecule has 0 spiro atoms. The van der Waals surface area contributed by atoms with Gasteiger partial charge in [0.15, 0.2) is 11.4 Å². The first kappa shape index (κ1) is 33.9. The number of carbonyl (C=O) groups excluding carboxylic acids is 4. The van der Waals surface area contributed by atoms with Gasteiger partial charge in [0.2, 0.25) is 11.4 Å². The number of carbonyl (C=O) groups is 4. The van der Waals surface area contributed by atoms with Gasteiger partial charge in [0.1, 0.15) is 18.5 Å². The number of esters is 4. The molecule has 0 amide bonds. The molecule has 4 rings (SSSR count). The van der Waals surface area contributed by atoms with Gasteiger partial charge in [-0.3, -0.25) is 0 Å². The maximum absolute atomic E-state index is 12.8. The van der Waals surface area contributed by atoms with Gasteiger partial charge in [-0.2, -0.15) is 0 Å². The molecule has 0 aliphatic heterocycles. The van der Waals surface area contributed by atoms with E-state index in [2.05, 4.69) is 39.8 Å². The summed E-state index contributed by atoms with van der Waals surface area (Å²) in [7, 11) is 0. The molecular weight excluding hydrogens is 673 g/mol. The van der Waals surface area contributed by atoms with Gasteiger partial charge < -0.3 is 18.9 Å². The number of hydrogen-bond donors (Lipinski definition) is 0. The zero-order valence-corrected chi connectivity index (χ0v) is 27.7. The Morgan fingerprint density at radius 2 is 1.07 bits per heavy atom. The van der Waals surface area contributed by atoms with Crippen LogP contribution < -0.4 is 0 Å². The van der Waals surface area contributed by atoms with Crippen LogP contribution in [0.25, 0.3) is 0 Å². The van der Waals surface area contributed by atoms with Crippen LogP contribution >= 0.6 is 46.6 Å². The minimum absolute atomic E-state index is 0.0212. The van der Waals surface area contributed by atoms with Crippen molar-refractivity contribution in [2.75, 3.05) is 26.4 Å². The lowest BCUT2D eigenvalue weighted by Crippen LogP contribution is -2.18. The van der Waals surface area contributed by atoms with Gasteiger partial charge in [-0.1, -0.05) is 42.9 Å². The molecule has 0 aliphatic carbocycles. The molecule has 1 atom stereocenters. The summed E-state index contributed by atoms with van der Waals surface area (Å²) in [4.78, 5) is 50.5. The summed E-state index contributed by atoms with van der Waals surface area (Å²) in [6, 6.07) is -0.574. The number of ether oxygens (including phenoxy) is 4. The van der Waals surface area contributed by atoms with E-state index in [9.17, 15) is 19.2 Å². The van der Waals surface area contributed by atoms with Crippen LogP contribution in [0.4, 0.5) is 0 Å². The Morgan fingerprint density at radius 3 is 1.56 bits per heavy atom. The molecule has 4 heterocycles. The highest BCUT2D eigenvalue weighted by Crippen LogP contribution is 2.38. The Kier molecular flexibility index (Phi) is 11.9. The van der Waals surface area contributed by atoms with Crippen LogP contribution in [0.1, 0.15) is 82.6 Å². The second-order valence-corrected chi connectivity index (χ2v) is 12.4. The number of rotatable bonds is 15. The van der Waals surface area contributed by atoms with Crippen LogP contribution in [-0.4, -0.2) is 99.5 Å². The highest BCUT2D eigenvalue weighted by Gasteiger charge is 2.31. The lowest BCUT2D eigenvalue weighted by Gasteiger charge is -2.16. The zero-order valence-electron chi connectivity index (χ0n) is 24.5. The molecule has 0 aromatic carbocycles. The third kappa shape index (κ3) is 7.80. The van der Waals surface area contributed by atoms with Gasteiger partial charge in [-0.05, 0) is 57.7 Å². The van der Waals surface area contributed by atoms with Crippen LogP contribution in [0.2, 0.25) is 0 Å². The van der Waals surface area contributed by atoms with Crippen molar-refractivity contribution in [3.63, 3.8) is 0 Å². The monoisotopic (exact) mass is 698 g/mol. The normalized spacial score (nSPS) is 11.7. The van der Waals surface area contributed by atoms with E-state index >= 15 is 0 Å². The third-order valence-electron chi connectivity index (χ3n) is 5.37. The van der Waals surface area contributed by atoms with E-state index in [-0.39, 0.29) is 65.8 Å². The summed E-state index contributed by atoms with van der Waals surface area (Å²) in [6.07, 6.45) is 0. The molecule has 240 valence electrons. The highest BCUT2D eigenvalue weighted by molar-refractivity contribution is 8.01. The summed E-state index contributed by atoms with van der Waals surface area (Å²) in [6.45, 7) is 8.92. The molecule has 0 unspecified atom stereocenters. The number of hydrogen-bond acceptors (Lipinski definition) is 20. The van der Waals surface area contributed by atoms with E-state index in [0.717, 1.165) is 46.6 Å². The SMILES string of the molecule is CCOC(=O)c1nnsc1Sc1c(C(=O)OCC)nnn1C[C@H](C)n1nnc(C(=O)OCC)c1Sc1snnc1C(=O)OCC. The summed E-state index contributed by atoms with van der Waals surface area (Å²) < 4.78 is 31.8. The van der Waals surface area contributed by atoms with Crippen molar-refractivity contribution in [2.45, 2.75) is 65.7 Å². The van der Waals surface area contributed by atoms with Crippen LogP contribution in [0, 0.1) is 0 Å². The van der Waals surface area contributed by atoms with Crippen molar-refractivity contribution in [3.05, 3.63) is 22.8 Å². The van der Waals surface area contributed by atoms with E-state index in [0.29, 0.717) is 8.42 Å². The average molecular weight is 699 g/mol. The van der Waals surface area contributed by atoms with Gasteiger partial charge in [0, 0.05) is 0 Å². The maximum Gasteiger partial charge on any atom is 0.361 e. The van der Waals surface area contributed by atoms with Crippen LogP contribution in [0.15, 0.2) is 18.5 Å². The smallest absolute Gasteiger partial charge is 0.361 e. The molecular formula is C23H26N10O8S4. The fourth-order valence-corrected chi connectivity index (χ4v) is 7.04. The Bertz CT molecular complexity index is 1670. The Balaban J connectivity index is 1.71. The van der Waals surface area contributed by atoms with Gasteiger partial charge >= 0.3 is 23.9 Å². The topological polar surface area (TPSA) is 218 Å². The van der Waals surface area contributed by atoms with Crippen molar-refractivity contribution in [1.82, 2.24) is 49.2 Å². The number of nitrogens with zero attached hydrogens (tertiary/aromatic N) is 10. The standard InChI is InChI=1S/C23H26N10O8S4/c1-6-38-18(34)12-16(42-22-14(26-30-44-22)20(36)40-8-3)32(28-24-12)10-11(5)33-17(13(25-29-33)19(35)39-7-2)43-23-15(27-31-45-23)21(37)41-9-4/h11H,6-10H2,1-5H3/t11-/m0/s1. The lowest BCUT2D eigenvalue weighted by atomic mass is 10.3. The van der Waals surface area contributed by atoms with Crippen molar-refractivity contribution in [1.29, 1.82) is 0 Å². The summed E-state index contributed by atoms with van der Waals surface area (Å²) in [5.74, 6) is -2.79. The predicted octanol–water partition coefficient (Wildman–Crippen LogP) is 2.84. The largest absolute Gasteiger partial charge is 0.461 e. The van der Waals surface area contributed by atoms with Crippen LogP contribution in [-0.2, 0) is 25.5 Å². The third-order valence-corrected chi connectivity index (χ3v) is 9.29. The lowest BCUT2D eigenvalue weighted by molar-refractivity contribution is 0.0504. The van der Waals surface area contributed by atoms with E-state index < -0.39 is 29.9 Å².